The molecule has 0 saturated heterocycles. The molecule has 32 heavy (non-hydrogen) atoms. The van der Waals surface area contributed by atoms with Crippen molar-refractivity contribution in [3.05, 3.63) is 29.8 Å². The Morgan fingerprint density at radius 1 is 1.00 bits per heavy atom. The lowest BCUT2D eigenvalue weighted by molar-refractivity contribution is -0.147. The highest BCUT2D eigenvalue weighted by atomic mass is 16.6. The van der Waals surface area contributed by atoms with E-state index in [-0.39, 0.29) is 18.2 Å². The molecule has 0 aliphatic rings. The number of ether oxygens (including phenoxy) is 1. The second kappa shape index (κ2) is 10.2. The summed E-state index contributed by atoms with van der Waals surface area (Å²) in [5, 5.41) is 15.2. The molecule has 0 spiro atoms. The predicted octanol–water partition coefficient (Wildman–Crippen LogP) is 3.89. The van der Waals surface area contributed by atoms with Gasteiger partial charge in [-0.15, -0.1) is 0 Å². The van der Waals surface area contributed by atoms with E-state index in [1.165, 1.54) is 17.0 Å². The number of phenolic OH excluding ortho intramolecular Hbond substituents is 1. The molecule has 3 amide bonds. The van der Waals surface area contributed by atoms with Gasteiger partial charge in [0.1, 0.15) is 23.9 Å². The quantitative estimate of drug-likeness (QED) is 0.585. The average Bonchev–Trinajstić information content (AvgIpc) is 2.62. The van der Waals surface area contributed by atoms with Crippen LogP contribution in [0.3, 0.4) is 0 Å². The summed E-state index contributed by atoms with van der Waals surface area (Å²) in [5.41, 5.74) is -1.37. The number of hydrogen-bond acceptors (Lipinski definition) is 5. The van der Waals surface area contributed by atoms with Gasteiger partial charge < -0.3 is 25.4 Å². The van der Waals surface area contributed by atoms with Crippen LogP contribution in [0.25, 0.3) is 0 Å². The number of carbonyl (C=O) groups excluding carboxylic acids is 3. The van der Waals surface area contributed by atoms with Crippen molar-refractivity contribution in [3.63, 3.8) is 0 Å². The Kier molecular flexibility index (Phi) is 8.72. The molecule has 1 unspecified atom stereocenters. The summed E-state index contributed by atoms with van der Waals surface area (Å²) in [6, 6.07) is 5.24. The number of phenols is 1. The van der Waals surface area contributed by atoms with E-state index < -0.39 is 34.7 Å². The van der Waals surface area contributed by atoms with Crippen LogP contribution in [0.15, 0.2) is 24.3 Å². The molecular formula is C24H39N3O5. The molecule has 1 atom stereocenters. The van der Waals surface area contributed by atoms with Crippen molar-refractivity contribution >= 4 is 17.9 Å². The first kappa shape index (κ1) is 27.3. The number of nitrogens with one attached hydrogen (secondary N) is 2. The molecule has 0 saturated carbocycles. The zero-order valence-electron chi connectivity index (χ0n) is 20.8. The highest BCUT2D eigenvalue weighted by Crippen LogP contribution is 2.32. The number of benzene rings is 1. The first-order valence-electron chi connectivity index (χ1n) is 10.9. The molecule has 0 aromatic heterocycles. The summed E-state index contributed by atoms with van der Waals surface area (Å²) in [4.78, 5) is 40.4. The maximum Gasteiger partial charge on any atom is 0.408 e. The highest BCUT2D eigenvalue weighted by Gasteiger charge is 2.40. The molecular weight excluding hydrogens is 410 g/mol. The zero-order chi connectivity index (χ0) is 24.9. The minimum atomic E-state index is -0.960. The molecule has 0 bridgehead atoms. The van der Waals surface area contributed by atoms with Gasteiger partial charge in [-0.3, -0.25) is 9.59 Å². The zero-order valence-corrected chi connectivity index (χ0v) is 20.8. The molecule has 0 aliphatic heterocycles. The van der Waals surface area contributed by atoms with Crippen LogP contribution >= 0.6 is 0 Å². The molecule has 180 valence electrons. The third kappa shape index (κ3) is 8.40. The Balaban J connectivity index is 3.36. The lowest BCUT2D eigenvalue weighted by atomic mass is 9.92. The van der Waals surface area contributed by atoms with Gasteiger partial charge in [0, 0.05) is 11.1 Å². The van der Waals surface area contributed by atoms with Gasteiger partial charge in [0.25, 0.3) is 0 Å². The van der Waals surface area contributed by atoms with Crippen LogP contribution in [0.5, 0.6) is 5.75 Å². The number of alkyl carbamates (subject to hydrolysis) is 1. The van der Waals surface area contributed by atoms with Crippen molar-refractivity contribution < 1.29 is 24.2 Å². The smallest absolute Gasteiger partial charge is 0.408 e. The number of amides is 3. The van der Waals surface area contributed by atoms with Crippen LogP contribution in [-0.4, -0.2) is 51.1 Å². The van der Waals surface area contributed by atoms with E-state index in [1.807, 2.05) is 41.5 Å². The van der Waals surface area contributed by atoms with E-state index in [0.29, 0.717) is 12.0 Å². The fourth-order valence-corrected chi connectivity index (χ4v) is 3.06. The Morgan fingerprint density at radius 3 is 1.97 bits per heavy atom. The summed E-state index contributed by atoms with van der Waals surface area (Å²) < 4.78 is 5.22. The first-order chi connectivity index (χ1) is 14.5. The van der Waals surface area contributed by atoms with Gasteiger partial charge in [-0.05, 0) is 79.5 Å². The fourth-order valence-electron chi connectivity index (χ4n) is 3.06. The molecule has 1 rings (SSSR count). The molecule has 1 aromatic rings. The fraction of sp³-hybridized carbons (Fsp3) is 0.625. The van der Waals surface area contributed by atoms with Crippen LogP contribution < -0.4 is 10.6 Å². The lowest BCUT2D eigenvalue weighted by Gasteiger charge is -2.43. The Morgan fingerprint density at radius 2 is 1.53 bits per heavy atom. The van der Waals surface area contributed by atoms with E-state index in [4.69, 9.17) is 4.74 Å². The maximum absolute atomic E-state index is 13.4. The van der Waals surface area contributed by atoms with Crippen molar-refractivity contribution in [3.8, 4) is 5.75 Å². The normalized spacial score (nSPS) is 13.2. The third-order valence-corrected chi connectivity index (χ3v) is 4.78. The second-order valence-electron chi connectivity index (χ2n) is 10.5. The van der Waals surface area contributed by atoms with Crippen LogP contribution in [0.1, 0.15) is 80.3 Å². The standard InChI is InChI=1S/C24H39N3O5/c1-10-24(8,9)27(18(29)15-25-21(31)32-23(5,6)7)19(20(30)26-22(2,3)4)16-11-13-17(28)14-12-16/h11-14,19,28H,10,15H2,1-9H3,(H,25,31)(H,26,30). The Labute approximate surface area is 191 Å². The summed E-state index contributed by atoms with van der Waals surface area (Å²) in [6.45, 7) is 16.1. The third-order valence-electron chi connectivity index (χ3n) is 4.78. The van der Waals surface area contributed by atoms with Crippen molar-refractivity contribution in [2.75, 3.05) is 6.54 Å². The first-order valence-corrected chi connectivity index (χ1v) is 10.9. The van der Waals surface area contributed by atoms with E-state index in [2.05, 4.69) is 10.6 Å². The topological polar surface area (TPSA) is 108 Å². The van der Waals surface area contributed by atoms with Crippen LogP contribution in [0, 0.1) is 0 Å². The molecule has 8 nitrogen and oxygen atoms in total. The number of aromatic hydroxyl groups is 1. The highest BCUT2D eigenvalue weighted by molar-refractivity contribution is 5.91. The molecule has 0 radical (unpaired) electrons. The Bertz CT molecular complexity index is 804. The van der Waals surface area contributed by atoms with Gasteiger partial charge in [-0.2, -0.15) is 0 Å². The van der Waals surface area contributed by atoms with E-state index >= 15 is 0 Å². The van der Waals surface area contributed by atoms with Gasteiger partial charge in [0.15, 0.2) is 0 Å². The van der Waals surface area contributed by atoms with Crippen molar-refractivity contribution in [1.29, 1.82) is 0 Å². The average molecular weight is 450 g/mol. The monoisotopic (exact) mass is 449 g/mol. The van der Waals surface area contributed by atoms with Gasteiger partial charge in [-0.1, -0.05) is 19.1 Å². The molecule has 0 aliphatic carbocycles. The number of nitrogens with zero attached hydrogens (tertiary/aromatic N) is 1. The minimum absolute atomic E-state index is 0.0583. The van der Waals surface area contributed by atoms with Gasteiger partial charge >= 0.3 is 6.09 Å². The number of carbonyl (C=O) groups is 3. The van der Waals surface area contributed by atoms with Gasteiger partial charge in [0.2, 0.25) is 11.8 Å². The molecule has 1 aromatic carbocycles. The van der Waals surface area contributed by atoms with E-state index in [9.17, 15) is 19.5 Å². The van der Waals surface area contributed by atoms with E-state index in [0.717, 1.165) is 0 Å². The number of hydrogen-bond donors (Lipinski definition) is 3. The minimum Gasteiger partial charge on any atom is -0.508 e. The van der Waals surface area contributed by atoms with Crippen molar-refractivity contribution in [2.45, 2.75) is 91.5 Å². The summed E-state index contributed by atoms with van der Waals surface area (Å²) in [6.07, 6.45) is -0.136. The van der Waals surface area contributed by atoms with Gasteiger partial charge in [-0.25, -0.2) is 4.79 Å². The largest absolute Gasteiger partial charge is 0.508 e. The molecule has 0 heterocycles. The lowest BCUT2D eigenvalue weighted by Crippen LogP contribution is -2.57. The van der Waals surface area contributed by atoms with Crippen LogP contribution in [0.4, 0.5) is 4.79 Å². The Hall–Kier alpha value is -2.77. The molecule has 0 fully saturated rings. The number of rotatable bonds is 7. The SMILES string of the molecule is CCC(C)(C)N(C(=O)CNC(=O)OC(C)(C)C)C(C(=O)NC(C)(C)C)c1ccc(O)cc1. The summed E-state index contributed by atoms with van der Waals surface area (Å²) in [7, 11) is 0. The second-order valence-corrected chi connectivity index (χ2v) is 10.5. The van der Waals surface area contributed by atoms with E-state index in [1.54, 1.807) is 32.9 Å². The van der Waals surface area contributed by atoms with Crippen LogP contribution in [-0.2, 0) is 14.3 Å². The van der Waals surface area contributed by atoms with Crippen LogP contribution in [0.2, 0.25) is 0 Å². The predicted molar refractivity (Wildman–Crippen MR) is 124 cm³/mol. The molecule has 8 heteroatoms. The summed E-state index contributed by atoms with van der Waals surface area (Å²) >= 11 is 0. The summed E-state index contributed by atoms with van der Waals surface area (Å²) in [5.74, 6) is -0.719. The van der Waals surface area contributed by atoms with Crippen molar-refractivity contribution in [1.82, 2.24) is 15.5 Å². The molecule has 3 N–H and O–H groups in total. The maximum atomic E-state index is 13.4. The van der Waals surface area contributed by atoms with Crippen molar-refractivity contribution in [2.24, 2.45) is 0 Å². The van der Waals surface area contributed by atoms with Gasteiger partial charge in [0.05, 0.1) is 0 Å².